The van der Waals surface area contributed by atoms with Crippen LogP contribution in [0.1, 0.15) is 50.4 Å². The number of hydrogen-bond donors (Lipinski definition) is 1. The number of sulfonamides is 1. The normalized spacial score (nSPS) is 23.2. The summed E-state index contributed by atoms with van der Waals surface area (Å²) in [6.45, 7) is 6.38. The van der Waals surface area contributed by atoms with E-state index in [4.69, 9.17) is 4.74 Å². The molecular formula is C28H31N3O4S. The van der Waals surface area contributed by atoms with Gasteiger partial charge in [-0.3, -0.25) is 9.62 Å². The highest BCUT2D eigenvalue weighted by atomic mass is 32.2. The molecule has 6 rings (SSSR count). The molecule has 8 heteroatoms. The maximum atomic E-state index is 13.3. The zero-order valence-corrected chi connectivity index (χ0v) is 21.5. The molecule has 0 amide bonds. The minimum atomic E-state index is -3.74. The molecule has 3 aliphatic heterocycles. The first-order valence-corrected chi connectivity index (χ1v) is 14.3. The van der Waals surface area contributed by atoms with Crippen LogP contribution in [-0.2, 0) is 26.0 Å². The zero-order chi connectivity index (χ0) is 25.1. The molecule has 0 bridgehead atoms. The standard InChI is InChI=1S/C28H31N3O4S/c1-3-28-14-8-15-30-16-13-22-21-12-11-19(29-36(33,34)20-9-6-5-7-10-20)17-23(21)31(25(22)26(28)30)24(18-28)27(32)35-4-2/h5-7,9-12,17-18,26,29H,3-4,8,13-16H2,1-2H3. The summed E-state index contributed by atoms with van der Waals surface area (Å²) in [5.41, 5.74) is 4.17. The molecule has 0 spiro atoms. The number of piperidine rings is 1. The van der Waals surface area contributed by atoms with Gasteiger partial charge in [-0.2, -0.15) is 0 Å². The van der Waals surface area contributed by atoms with Crippen LogP contribution in [0.4, 0.5) is 5.69 Å². The summed E-state index contributed by atoms with van der Waals surface area (Å²) >= 11 is 0. The van der Waals surface area contributed by atoms with Crippen LogP contribution in [0.3, 0.4) is 0 Å². The first kappa shape index (κ1) is 23.3. The van der Waals surface area contributed by atoms with Crippen molar-refractivity contribution in [1.82, 2.24) is 9.47 Å². The molecule has 2 aromatic carbocycles. The van der Waals surface area contributed by atoms with Gasteiger partial charge in [0.1, 0.15) is 5.70 Å². The Morgan fingerprint density at radius 2 is 1.94 bits per heavy atom. The van der Waals surface area contributed by atoms with Crippen molar-refractivity contribution in [2.45, 2.75) is 50.5 Å². The van der Waals surface area contributed by atoms with E-state index in [1.165, 1.54) is 11.3 Å². The second-order valence-corrected chi connectivity index (χ2v) is 11.7. The first-order valence-electron chi connectivity index (χ1n) is 12.8. The number of aromatic nitrogens is 1. The van der Waals surface area contributed by atoms with Gasteiger partial charge in [0, 0.05) is 23.0 Å². The van der Waals surface area contributed by atoms with E-state index < -0.39 is 10.0 Å². The van der Waals surface area contributed by atoms with E-state index in [1.54, 1.807) is 30.3 Å². The topological polar surface area (TPSA) is 80.6 Å². The van der Waals surface area contributed by atoms with Gasteiger partial charge in [0.2, 0.25) is 0 Å². The van der Waals surface area contributed by atoms with E-state index in [-0.39, 0.29) is 22.3 Å². The number of hydrogen-bond acceptors (Lipinski definition) is 5. The van der Waals surface area contributed by atoms with Gasteiger partial charge in [0.05, 0.1) is 28.7 Å². The molecule has 2 unspecified atom stereocenters. The predicted octanol–water partition coefficient (Wildman–Crippen LogP) is 4.95. The second kappa shape index (κ2) is 8.49. The van der Waals surface area contributed by atoms with E-state index in [9.17, 15) is 13.2 Å². The van der Waals surface area contributed by atoms with Crippen LogP contribution in [0.25, 0.3) is 16.6 Å². The number of carbonyl (C=O) groups excluding carboxylic acids is 1. The van der Waals surface area contributed by atoms with Crippen LogP contribution < -0.4 is 4.72 Å². The van der Waals surface area contributed by atoms with Crippen LogP contribution in [0.2, 0.25) is 0 Å². The fraction of sp³-hybridized carbons (Fsp3) is 0.393. The summed E-state index contributed by atoms with van der Waals surface area (Å²) in [4.78, 5) is 16.1. The highest BCUT2D eigenvalue weighted by Crippen LogP contribution is 2.57. The molecule has 0 saturated carbocycles. The van der Waals surface area contributed by atoms with Crippen LogP contribution in [-0.4, -0.2) is 43.6 Å². The SMILES string of the molecule is CCOC(=O)C1=CC2(CC)CCCN3CCc4c(n1c1cc(NS(=O)(=O)c5ccccc5)ccc41)C32. The van der Waals surface area contributed by atoms with Crippen LogP contribution >= 0.6 is 0 Å². The molecule has 3 aromatic rings. The van der Waals surface area contributed by atoms with Crippen molar-refractivity contribution in [3.63, 3.8) is 0 Å². The van der Waals surface area contributed by atoms with Crippen LogP contribution in [0.5, 0.6) is 0 Å². The number of rotatable bonds is 6. The molecule has 3 aliphatic rings. The lowest BCUT2D eigenvalue weighted by Crippen LogP contribution is -2.51. The van der Waals surface area contributed by atoms with Crippen LogP contribution in [0.15, 0.2) is 59.5 Å². The van der Waals surface area contributed by atoms with E-state index in [1.807, 2.05) is 25.1 Å². The monoisotopic (exact) mass is 505 g/mol. The van der Waals surface area contributed by atoms with Gasteiger partial charge in [-0.15, -0.1) is 0 Å². The van der Waals surface area contributed by atoms with E-state index in [0.717, 1.165) is 49.7 Å². The van der Waals surface area contributed by atoms with Crippen molar-refractivity contribution in [2.24, 2.45) is 5.41 Å². The highest BCUT2D eigenvalue weighted by molar-refractivity contribution is 7.92. The van der Waals surface area contributed by atoms with Gasteiger partial charge in [0.25, 0.3) is 10.0 Å². The lowest BCUT2D eigenvalue weighted by atomic mass is 9.66. The van der Waals surface area contributed by atoms with Gasteiger partial charge in [-0.25, -0.2) is 13.2 Å². The molecule has 188 valence electrons. The predicted molar refractivity (Wildman–Crippen MR) is 140 cm³/mol. The number of nitrogens with one attached hydrogen (secondary N) is 1. The third-order valence-corrected chi connectivity index (χ3v) is 9.53. The Labute approximate surface area is 211 Å². The average Bonchev–Trinajstić information content (AvgIpc) is 3.22. The first-order chi connectivity index (χ1) is 17.4. The number of nitrogens with zero attached hydrogens (tertiary/aromatic N) is 2. The van der Waals surface area contributed by atoms with E-state index in [0.29, 0.717) is 18.0 Å². The summed E-state index contributed by atoms with van der Waals surface area (Å²) in [6.07, 6.45) is 6.15. The lowest BCUT2D eigenvalue weighted by molar-refractivity contribution is -0.136. The quantitative estimate of drug-likeness (QED) is 0.480. The van der Waals surface area contributed by atoms with Gasteiger partial charge < -0.3 is 9.30 Å². The Morgan fingerprint density at radius 1 is 1.14 bits per heavy atom. The third kappa shape index (κ3) is 3.42. The average molecular weight is 506 g/mol. The Bertz CT molecular complexity index is 1490. The number of anilines is 1. The van der Waals surface area contributed by atoms with E-state index in [2.05, 4.69) is 27.2 Å². The Balaban J connectivity index is 1.55. The molecule has 0 aliphatic carbocycles. The summed E-state index contributed by atoms with van der Waals surface area (Å²) in [7, 11) is -3.74. The molecule has 1 aromatic heterocycles. The molecule has 1 fully saturated rings. The maximum Gasteiger partial charge on any atom is 0.354 e. The smallest absolute Gasteiger partial charge is 0.354 e. The largest absolute Gasteiger partial charge is 0.461 e. The summed E-state index contributed by atoms with van der Waals surface area (Å²) < 4.78 is 36.3. The van der Waals surface area contributed by atoms with Crippen molar-refractivity contribution in [2.75, 3.05) is 24.4 Å². The molecule has 7 nitrogen and oxygen atoms in total. The van der Waals surface area contributed by atoms with Crippen molar-refractivity contribution >= 4 is 38.3 Å². The number of esters is 1. The molecule has 1 N–H and O–H groups in total. The second-order valence-electron chi connectivity index (χ2n) is 9.98. The lowest BCUT2D eigenvalue weighted by Gasteiger charge is -2.53. The van der Waals surface area contributed by atoms with Gasteiger partial charge >= 0.3 is 5.97 Å². The fourth-order valence-electron chi connectivity index (χ4n) is 6.56. The maximum absolute atomic E-state index is 13.3. The molecule has 2 atom stereocenters. The minimum absolute atomic E-state index is 0.113. The fourth-order valence-corrected chi connectivity index (χ4v) is 7.63. The van der Waals surface area contributed by atoms with Crippen molar-refractivity contribution in [3.8, 4) is 0 Å². The number of fused-ring (bicyclic) bond motifs is 3. The van der Waals surface area contributed by atoms with Gasteiger partial charge in [-0.1, -0.05) is 31.2 Å². The van der Waals surface area contributed by atoms with Crippen molar-refractivity contribution < 1.29 is 17.9 Å². The Hall–Kier alpha value is -3.10. The molecule has 1 saturated heterocycles. The Kier molecular flexibility index (Phi) is 5.50. The molecular weight excluding hydrogens is 474 g/mol. The Morgan fingerprint density at radius 3 is 2.69 bits per heavy atom. The number of carbonyl (C=O) groups is 1. The summed E-state index contributed by atoms with van der Waals surface area (Å²) in [5.74, 6) is -0.332. The number of benzene rings is 2. The van der Waals surface area contributed by atoms with Gasteiger partial charge in [0.15, 0.2) is 0 Å². The van der Waals surface area contributed by atoms with Crippen molar-refractivity contribution in [3.05, 3.63) is 65.9 Å². The summed E-state index contributed by atoms with van der Waals surface area (Å²) in [6, 6.07) is 14.2. The molecule has 36 heavy (non-hydrogen) atoms. The van der Waals surface area contributed by atoms with Crippen LogP contribution in [0, 0.1) is 5.41 Å². The highest BCUT2D eigenvalue weighted by Gasteiger charge is 2.51. The van der Waals surface area contributed by atoms with Crippen molar-refractivity contribution in [1.29, 1.82) is 0 Å². The minimum Gasteiger partial charge on any atom is -0.461 e. The number of ether oxygens (including phenoxy) is 1. The zero-order valence-electron chi connectivity index (χ0n) is 20.7. The molecule has 4 heterocycles. The molecule has 0 radical (unpaired) electrons. The summed E-state index contributed by atoms with van der Waals surface area (Å²) in [5, 5.41) is 1.07. The van der Waals surface area contributed by atoms with Gasteiger partial charge in [-0.05, 0) is 75.1 Å². The van der Waals surface area contributed by atoms with E-state index >= 15 is 0 Å². The third-order valence-electron chi connectivity index (χ3n) is 8.13.